The van der Waals surface area contributed by atoms with Crippen molar-refractivity contribution in [3.8, 4) is 0 Å². The zero-order valence-electron chi connectivity index (χ0n) is 43.9. The molecular formula is C55H75N7O10. The molecule has 0 unspecified atom stereocenters. The van der Waals surface area contributed by atoms with Crippen LogP contribution in [0.25, 0.3) is 0 Å². The van der Waals surface area contributed by atoms with Gasteiger partial charge in [0.1, 0.15) is 16.8 Å². The van der Waals surface area contributed by atoms with Gasteiger partial charge in [0.15, 0.2) is 0 Å². The minimum atomic E-state index is -0.653. The van der Waals surface area contributed by atoms with E-state index in [1.54, 1.807) is 48.5 Å². The molecule has 17 heteroatoms. The second kappa shape index (κ2) is 24.2. The quantitative estimate of drug-likeness (QED) is 0.0980. The van der Waals surface area contributed by atoms with Gasteiger partial charge in [-0.1, -0.05) is 48.5 Å². The summed E-state index contributed by atoms with van der Waals surface area (Å²) in [6.45, 7) is 23.3. The van der Waals surface area contributed by atoms with Crippen molar-refractivity contribution in [2.45, 2.75) is 98.6 Å². The fourth-order valence-corrected chi connectivity index (χ4v) is 8.99. The van der Waals surface area contributed by atoms with E-state index in [0.717, 1.165) is 11.1 Å². The Bertz CT molecular complexity index is 2310. The van der Waals surface area contributed by atoms with Crippen molar-refractivity contribution >= 4 is 41.5 Å². The smallest absolute Gasteiger partial charge is 0.320 e. The molecule has 6 rings (SSSR count). The molecular weight excluding hydrogens is 919 g/mol. The van der Waals surface area contributed by atoms with E-state index in [1.807, 2.05) is 67.2 Å². The average Bonchev–Trinajstić information content (AvgIpc) is 3.67. The van der Waals surface area contributed by atoms with Gasteiger partial charge in [-0.25, -0.2) is 0 Å². The lowest BCUT2D eigenvalue weighted by Crippen LogP contribution is -2.49. The molecule has 0 radical (unpaired) electrons. The number of fused-ring (bicyclic) bond motifs is 2. The summed E-state index contributed by atoms with van der Waals surface area (Å²) < 4.78 is 17.2. The Morgan fingerprint density at radius 2 is 0.764 bits per heavy atom. The van der Waals surface area contributed by atoms with E-state index >= 15 is 0 Å². The summed E-state index contributed by atoms with van der Waals surface area (Å²) in [4.78, 5) is 106. The summed E-state index contributed by atoms with van der Waals surface area (Å²) in [6, 6.07) is 21.9. The number of amides is 4. The molecule has 0 saturated carbocycles. The maximum absolute atomic E-state index is 13.3. The van der Waals surface area contributed by atoms with Gasteiger partial charge in [0.05, 0.1) is 41.9 Å². The molecule has 3 aliphatic rings. The molecule has 1 fully saturated rings. The van der Waals surface area contributed by atoms with E-state index in [-0.39, 0.29) is 74.3 Å². The highest BCUT2D eigenvalue weighted by Crippen LogP contribution is 2.25. The van der Waals surface area contributed by atoms with Crippen LogP contribution in [0.4, 0.5) is 0 Å². The van der Waals surface area contributed by atoms with Gasteiger partial charge < -0.3 is 14.2 Å². The van der Waals surface area contributed by atoms with Gasteiger partial charge >= 0.3 is 17.9 Å². The molecule has 0 N–H and O–H groups in total. The predicted octanol–water partition coefficient (Wildman–Crippen LogP) is 5.22. The molecule has 3 heterocycles. The third kappa shape index (κ3) is 16.6. The number of esters is 3. The Balaban J connectivity index is 1.17. The lowest BCUT2D eigenvalue weighted by atomic mass is 10.1. The van der Waals surface area contributed by atoms with E-state index in [2.05, 4.69) is 43.9 Å². The molecule has 0 aliphatic carbocycles. The first-order valence-electron chi connectivity index (χ1n) is 25.2. The largest absolute Gasteiger partial charge is 0.459 e. The van der Waals surface area contributed by atoms with Gasteiger partial charge in [-0.3, -0.25) is 67.9 Å². The SMILES string of the molecule is CC(C)(C)OC(=O)CN1CCN(CC(=O)OC(C)(C)C)CCN(Cc2ccc(CN(CCCN3C(=O)c4ccccc4C3=O)CCN3C(=O)c4ccccc4C3=O)cc2)CCN(CC(=O)OC(C)(C)C)CC1. The summed E-state index contributed by atoms with van der Waals surface area (Å²) in [5.41, 5.74) is 1.67. The van der Waals surface area contributed by atoms with E-state index < -0.39 is 16.8 Å². The van der Waals surface area contributed by atoms with Crippen molar-refractivity contribution < 1.29 is 47.8 Å². The minimum absolute atomic E-state index is 0.0557. The third-order valence-electron chi connectivity index (χ3n) is 12.3. The lowest BCUT2D eigenvalue weighted by molar-refractivity contribution is -0.158. The molecule has 0 atom stereocenters. The predicted molar refractivity (Wildman–Crippen MR) is 272 cm³/mol. The van der Waals surface area contributed by atoms with Crippen LogP contribution in [0.2, 0.25) is 0 Å². The first kappa shape index (κ1) is 55.5. The zero-order valence-corrected chi connectivity index (χ0v) is 43.9. The number of imide groups is 2. The maximum Gasteiger partial charge on any atom is 0.320 e. The first-order chi connectivity index (χ1) is 33.9. The van der Waals surface area contributed by atoms with E-state index in [0.29, 0.717) is 107 Å². The Labute approximate surface area is 425 Å². The van der Waals surface area contributed by atoms with Crippen LogP contribution in [0.5, 0.6) is 0 Å². The first-order valence-corrected chi connectivity index (χ1v) is 25.2. The van der Waals surface area contributed by atoms with E-state index in [9.17, 15) is 33.6 Å². The van der Waals surface area contributed by atoms with Gasteiger partial charge in [-0.15, -0.1) is 0 Å². The Morgan fingerprint density at radius 3 is 1.11 bits per heavy atom. The van der Waals surface area contributed by atoms with Gasteiger partial charge in [-0.2, -0.15) is 0 Å². The van der Waals surface area contributed by atoms with Crippen LogP contribution in [0, 0.1) is 0 Å². The maximum atomic E-state index is 13.3. The number of rotatable bonds is 17. The number of ether oxygens (including phenoxy) is 3. The number of carbonyl (C=O) groups is 7. The second-order valence-corrected chi connectivity index (χ2v) is 21.9. The third-order valence-corrected chi connectivity index (χ3v) is 12.3. The highest BCUT2D eigenvalue weighted by molar-refractivity contribution is 6.22. The van der Waals surface area contributed by atoms with Crippen LogP contribution in [0.1, 0.15) is 121 Å². The summed E-state index contributed by atoms with van der Waals surface area (Å²) >= 11 is 0. The van der Waals surface area contributed by atoms with Crippen molar-refractivity contribution in [3.05, 3.63) is 106 Å². The number of hydrogen-bond donors (Lipinski definition) is 0. The number of hydrogen-bond acceptors (Lipinski definition) is 15. The Kier molecular flexibility index (Phi) is 18.7. The number of carbonyl (C=O) groups excluding carboxylic acids is 7. The molecule has 4 amide bonds. The number of nitrogens with zero attached hydrogens (tertiary/aromatic N) is 7. The summed E-state index contributed by atoms with van der Waals surface area (Å²) in [7, 11) is 0. The summed E-state index contributed by atoms with van der Waals surface area (Å²) in [5, 5.41) is 0. The van der Waals surface area contributed by atoms with Gasteiger partial charge in [-0.05, 0) is 104 Å². The molecule has 3 aromatic carbocycles. The monoisotopic (exact) mass is 994 g/mol. The van der Waals surface area contributed by atoms with Gasteiger partial charge in [0.25, 0.3) is 23.6 Å². The highest BCUT2D eigenvalue weighted by atomic mass is 16.6. The average molecular weight is 994 g/mol. The molecule has 390 valence electrons. The normalized spacial score (nSPS) is 17.2. The fourth-order valence-electron chi connectivity index (χ4n) is 8.99. The van der Waals surface area contributed by atoms with Crippen LogP contribution in [0.3, 0.4) is 0 Å². The molecule has 0 spiro atoms. The van der Waals surface area contributed by atoms with Gasteiger partial charge in [0.2, 0.25) is 0 Å². The fraction of sp³-hybridized carbons (Fsp3) is 0.545. The Hall–Kier alpha value is -5.85. The molecule has 3 aliphatic heterocycles. The minimum Gasteiger partial charge on any atom is -0.459 e. The second-order valence-electron chi connectivity index (χ2n) is 21.9. The van der Waals surface area contributed by atoms with Crippen LogP contribution < -0.4 is 0 Å². The topological polar surface area (TPSA) is 170 Å². The van der Waals surface area contributed by atoms with Crippen molar-refractivity contribution in [3.63, 3.8) is 0 Å². The highest BCUT2D eigenvalue weighted by Gasteiger charge is 2.37. The lowest BCUT2D eigenvalue weighted by Gasteiger charge is -2.34. The summed E-state index contributed by atoms with van der Waals surface area (Å²) in [5.74, 6) is -2.29. The van der Waals surface area contributed by atoms with Crippen LogP contribution in [-0.4, -0.2) is 191 Å². The van der Waals surface area contributed by atoms with Gasteiger partial charge in [0, 0.05) is 91.6 Å². The molecule has 17 nitrogen and oxygen atoms in total. The van der Waals surface area contributed by atoms with Crippen molar-refractivity contribution in [2.75, 3.05) is 98.2 Å². The van der Waals surface area contributed by atoms with E-state index in [1.165, 1.54) is 9.80 Å². The van der Waals surface area contributed by atoms with Crippen LogP contribution in [-0.2, 0) is 41.7 Å². The molecule has 1 saturated heterocycles. The Morgan fingerprint density at radius 1 is 0.444 bits per heavy atom. The zero-order chi connectivity index (χ0) is 52.4. The van der Waals surface area contributed by atoms with Crippen LogP contribution >= 0.6 is 0 Å². The molecule has 3 aromatic rings. The molecule has 72 heavy (non-hydrogen) atoms. The van der Waals surface area contributed by atoms with Crippen molar-refractivity contribution in [1.29, 1.82) is 0 Å². The molecule has 0 aromatic heterocycles. The number of benzene rings is 3. The standard InChI is InChI=1S/C55H75N7O10/c1-53(2,3)70-46(63)37-58-27-25-57(26-28-59(38-47(64)71-54(4,5)6)30-32-60(31-29-58)39-48(65)72-55(7,8)9)36-41-21-19-40(20-22-41)35-56(33-34-62-51(68)44-17-12-13-18-45(44)52(62)69)23-14-24-61-49(66)42-15-10-11-16-43(42)50(61)67/h10-13,15-22H,14,23-39H2,1-9H3. The summed E-state index contributed by atoms with van der Waals surface area (Å²) in [6.07, 6.45) is 0.484. The molecule has 0 bridgehead atoms. The van der Waals surface area contributed by atoms with Crippen molar-refractivity contribution in [2.24, 2.45) is 0 Å². The van der Waals surface area contributed by atoms with Crippen LogP contribution in [0.15, 0.2) is 72.8 Å². The van der Waals surface area contributed by atoms with E-state index in [4.69, 9.17) is 14.2 Å². The van der Waals surface area contributed by atoms with Crippen molar-refractivity contribution in [1.82, 2.24) is 34.3 Å².